The van der Waals surface area contributed by atoms with E-state index in [0.717, 1.165) is 27.6 Å². The minimum atomic E-state index is -0.770. The number of rotatable bonds is 5. The van der Waals surface area contributed by atoms with E-state index in [1.165, 1.54) is 13.3 Å². The lowest BCUT2D eigenvalue weighted by molar-refractivity contribution is -0.142. The Bertz CT molecular complexity index is 978. The molecule has 27 heavy (non-hydrogen) atoms. The number of carbonyl (C=O) groups excluding carboxylic acids is 2. The second-order valence-electron chi connectivity index (χ2n) is 6.54. The number of aryl methyl sites for hydroxylation is 2. The molecule has 2 aromatic carbocycles. The highest BCUT2D eigenvalue weighted by molar-refractivity contribution is 5.99. The van der Waals surface area contributed by atoms with Gasteiger partial charge in [0.05, 0.1) is 18.2 Å². The third kappa shape index (κ3) is 4.14. The number of methoxy groups -OCH3 is 1. The molecule has 0 aliphatic heterocycles. The molecule has 5 nitrogen and oxygen atoms in total. The lowest BCUT2D eigenvalue weighted by Crippen LogP contribution is -2.43. The molecule has 0 unspecified atom stereocenters. The van der Waals surface area contributed by atoms with Crippen molar-refractivity contribution in [1.82, 2.24) is 10.3 Å². The van der Waals surface area contributed by atoms with Gasteiger partial charge in [-0.2, -0.15) is 0 Å². The molecule has 3 rings (SSSR count). The first kappa shape index (κ1) is 18.6. The molecule has 1 N–H and O–H groups in total. The monoisotopic (exact) mass is 362 g/mol. The topological polar surface area (TPSA) is 68.3 Å². The van der Waals surface area contributed by atoms with Crippen molar-refractivity contribution < 1.29 is 14.3 Å². The number of benzene rings is 2. The van der Waals surface area contributed by atoms with Crippen molar-refractivity contribution in [3.05, 3.63) is 77.0 Å². The lowest BCUT2D eigenvalue weighted by Gasteiger charge is -2.19. The number of ether oxygens (including phenoxy) is 1. The van der Waals surface area contributed by atoms with Gasteiger partial charge in [0, 0.05) is 18.0 Å². The van der Waals surface area contributed by atoms with Crippen LogP contribution in [0.25, 0.3) is 10.9 Å². The van der Waals surface area contributed by atoms with Crippen molar-refractivity contribution >= 4 is 22.8 Å². The molecule has 1 amide bonds. The Balaban J connectivity index is 1.85. The van der Waals surface area contributed by atoms with Crippen molar-refractivity contribution in [2.24, 2.45) is 0 Å². The van der Waals surface area contributed by atoms with E-state index in [1.807, 2.05) is 56.3 Å². The number of hydrogen-bond donors (Lipinski definition) is 1. The van der Waals surface area contributed by atoms with Gasteiger partial charge in [0.1, 0.15) is 6.04 Å². The zero-order valence-corrected chi connectivity index (χ0v) is 15.7. The second-order valence-corrected chi connectivity index (χ2v) is 6.54. The highest BCUT2D eigenvalue weighted by Crippen LogP contribution is 2.17. The quantitative estimate of drug-likeness (QED) is 0.707. The maximum absolute atomic E-state index is 12.7. The lowest BCUT2D eigenvalue weighted by atomic mass is 9.96. The second kappa shape index (κ2) is 7.99. The summed E-state index contributed by atoms with van der Waals surface area (Å²) in [7, 11) is 1.32. The number of hydrogen-bond acceptors (Lipinski definition) is 4. The van der Waals surface area contributed by atoms with Crippen LogP contribution in [0.5, 0.6) is 0 Å². The van der Waals surface area contributed by atoms with Crippen molar-refractivity contribution in [3.63, 3.8) is 0 Å². The van der Waals surface area contributed by atoms with Gasteiger partial charge in [-0.1, -0.05) is 36.4 Å². The first-order chi connectivity index (χ1) is 13.0. The molecule has 0 aliphatic carbocycles. The van der Waals surface area contributed by atoms with E-state index in [2.05, 4.69) is 10.3 Å². The van der Waals surface area contributed by atoms with E-state index in [9.17, 15) is 9.59 Å². The standard InChI is InChI=1S/C22H22N2O3/c1-14-7-6-8-15(2)18(14)12-20(22(26)27-3)24-21(25)17-11-16-9-4-5-10-19(16)23-13-17/h4-11,13,20H,12H2,1-3H3,(H,24,25)/t20-/m0/s1. The van der Waals surface area contributed by atoms with Crippen LogP contribution in [-0.4, -0.2) is 30.0 Å². The van der Waals surface area contributed by atoms with E-state index < -0.39 is 12.0 Å². The number of para-hydroxylation sites is 1. The number of nitrogens with one attached hydrogen (secondary N) is 1. The normalized spacial score (nSPS) is 11.8. The summed E-state index contributed by atoms with van der Waals surface area (Å²) in [5.74, 6) is -0.824. The Morgan fingerprint density at radius 1 is 1.07 bits per heavy atom. The summed E-state index contributed by atoms with van der Waals surface area (Å²) >= 11 is 0. The zero-order chi connectivity index (χ0) is 19.4. The minimum Gasteiger partial charge on any atom is -0.467 e. The molecule has 0 saturated carbocycles. The van der Waals surface area contributed by atoms with Gasteiger partial charge in [-0.25, -0.2) is 4.79 Å². The molecule has 1 heterocycles. The molecule has 0 aliphatic rings. The first-order valence-corrected chi connectivity index (χ1v) is 8.78. The fourth-order valence-electron chi connectivity index (χ4n) is 3.15. The molecule has 0 saturated heterocycles. The molecule has 0 spiro atoms. The van der Waals surface area contributed by atoms with Crippen molar-refractivity contribution in [2.75, 3.05) is 7.11 Å². The fraction of sp³-hybridized carbons (Fsp3) is 0.227. The number of fused-ring (bicyclic) bond motifs is 1. The predicted molar refractivity (Wildman–Crippen MR) is 105 cm³/mol. The number of aromatic nitrogens is 1. The third-order valence-electron chi connectivity index (χ3n) is 4.70. The molecule has 0 bridgehead atoms. The summed E-state index contributed by atoms with van der Waals surface area (Å²) in [6.45, 7) is 3.98. The van der Waals surface area contributed by atoms with Crippen LogP contribution in [-0.2, 0) is 16.0 Å². The average molecular weight is 362 g/mol. The Morgan fingerprint density at radius 3 is 2.48 bits per heavy atom. The van der Waals surface area contributed by atoms with Gasteiger partial charge in [0.25, 0.3) is 5.91 Å². The fourth-order valence-corrected chi connectivity index (χ4v) is 3.15. The Labute approximate surface area is 158 Å². The molecule has 0 fully saturated rings. The van der Waals surface area contributed by atoms with E-state index in [1.54, 1.807) is 6.07 Å². The van der Waals surface area contributed by atoms with Crippen molar-refractivity contribution in [2.45, 2.75) is 26.3 Å². The molecule has 3 aromatic rings. The Morgan fingerprint density at radius 2 is 1.78 bits per heavy atom. The maximum Gasteiger partial charge on any atom is 0.328 e. The van der Waals surface area contributed by atoms with Crippen LogP contribution in [0.1, 0.15) is 27.0 Å². The summed E-state index contributed by atoms with van der Waals surface area (Å²) in [4.78, 5) is 29.3. The largest absolute Gasteiger partial charge is 0.467 e. The number of esters is 1. The molecule has 5 heteroatoms. The van der Waals surface area contributed by atoms with Crippen LogP contribution < -0.4 is 5.32 Å². The van der Waals surface area contributed by atoms with E-state index in [0.29, 0.717) is 12.0 Å². The Hall–Kier alpha value is -3.21. The van der Waals surface area contributed by atoms with Crippen molar-refractivity contribution in [3.8, 4) is 0 Å². The molecule has 1 aromatic heterocycles. The van der Waals surface area contributed by atoms with Crippen LogP contribution in [0.15, 0.2) is 54.7 Å². The van der Waals surface area contributed by atoms with Crippen LogP contribution >= 0.6 is 0 Å². The highest BCUT2D eigenvalue weighted by atomic mass is 16.5. The van der Waals surface area contributed by atoms with Crippen LogP contribution in [0, 0.1) is 13.8 Å². The molecule has 1 atom stereocenters. The van der Waals surface area contributed by atoms with Gasteiger partial charge >= 0.3 is 5.97 Å². The summed E-state index contributed by atoms with van der Waals surface area (Å²) in [5.41, 5.74) is 4.40. The van der Waals surface area contributed by atoms with Gasteiger partial charge in [0.15, 0.2) is 0 Å². The van der Waals surface area contributed by atoms with Gasteiger partial charge in [-0.3, -0.25) is 9.78 Å². The van der Waals surface area contributed by atoms with Gasteiger partial charge in [-0.05, 0) is 42.7 Å². The van der Waals surface area contributed by atoms with Gasteiger partial charge in [0.2, 0.25) is 0 Å². The number of pyridine rings is 1. The predicted octanol–water partition coefficient (Wildman–Crippen LogP) is 3.37. The highest BCUT2D eigenvalue weighted by Gasteiger charge is 2.24. The summed E-state index contributed by atoms with van der Waals surface area (Å²) in [5, 5.41) is 3.67. The zero-order valence-electron chi connectivity index (χ0n) is 15.7. The Kier molecular flexibility index (Phi) is 5.50. The van der Waals surface area contributed by atoms with E-state index in [-0.39, 0.29) is 5.91 Å². The number of amides is 1. The average Bonchev–Trinajstić information content (AvgIpc) is 2.68. The minimum absolute atomic E-state index is 0.352. The van der Waals surface area contributed by atoms with Gasteiger partial charge < -0.3 is 10.1 Å². The first-order valence-electron chi connectivity index (χ1n) is 8.78. The molecule has 138 valence electrons. The SMILES string of the molecule is COC(=O)[C@H](Cc1c(C)cccc1C)NC(=O)c1cnc2ccccc2c1. The smallest absolute Gasteiger partial charge is 0.328 e. The summed E-state index contributed by atoms with van der Waals surface area (Å²) in [6, 6.07) is 14.5. The van der Waals surface area contributed by atoms with Gasteiger partial charge in [-0.15, -0.1) is 0 Å². The summed E-state index contributed by atoms with van der Waals surface area (Å²) < 4.78 is 4.90. The van der Waals surface area contributed by atoms with E-state index in [4.69, 9.17) is 4.74 Å². The van der Waals surface area contributed by atoms with Crippen LogP contribution in [0.2, 0.25) is 0 Å². The molecule has 0 radical (unpaired) electrons. The van der Waals surface area contributed by atoms with Crippen LogP contribution in [0.3, 0.4) is 0 Å². The van der Waals surface area contributed by atoms with Crippen molar-refractivity contribution in [1.29, 1.82) is 0 Å². The molecular weight excluding hydrogens is 340 g/mol. The number of carbonyl (C=O) groups is 2. The molecular formula is C22H22N2O3. The maximum atomic E-state index is 12.7. The van der Waals surface area contributed by atoms with E-state index >= 15 is 0 Å². The third-order valence-corrected chi connectivity index (χ3v) is 4.70. The van der Waals surface area contributed by atoms with Crippen LogP contribution in [0.4, 0.5) is 0 Å². The summed E-state index contributed by atoms with van der Waals surface area (Å²) in [6.07, 6.45) is 1.89. The number of nitrogens with zero attached hydrogens (tertiary/aromatic N) is 1.